The molecule has 1 unspecified atom stereocenters. The van der Waals surface area contributed by atoms with E-state index in [1.165, 1.54) is 0 Å². The molecule has 22 heavy (non-hydrogen) atoms. The zero-order valence-electron chi connectivity index (χ0n) is 14.2. The van der Waals surface area contributed by atoms with Crippen molar-refractivity contribution in [3.63, 3.8) is 0 Å². The lowest BCUT2D eigenvalue weighted by Crippen LogP contribution is -2.23. The Kier molecular flexibility index (Phi) is 4.64. The topological polar surface area (TPSA) is 59.8 Å². The van der Waals surface area contributed by atoms with Crippen LogP contribution in [0.2, 0.25) is 0 Å². The zero-order valence-corrected chi connectivity index (χ0v) is 14.2. The van der Waals surface area contributed by atoms with Crippen molar-refractivity contribution >= 4 is 11.6 Å². The van der Waals surface area contributed by atoms with E-state index in [0.717, 1.165) is 33.9 Å². The van der Waals surface area contributed by atoms with Crippen LogP contribution in [-0.2, 0) is 18.3 Å². The Labute approximate surface area is 131 Å². The van der Waals surface area contributed by atoms with Gasteiger partial charge in [0.15, 0.2) is 0 Å². The van der Waals surface area contributed by atoms with Gasteiger partial charge in [0.2, 0.25) is 5.91 Å². The van der Waals surface area contributed by atoms with E-state index in [1.807, 2.05) is 52.4 Å². The average molecular weight is 300 g/mol. The first-order valence-corrected chi connectivity index (χ1v) is 7.53. The first-order chi connectivity index (χ1) is 10.3. The Morgan fingerprint density at radius 2 is 1.95 bits per heavy atom. The van der Waals surface area contributed by atoms with Gasteiger partial charge in [-0.15, -0.1) is 0 Å². The second-order valence-corrected chi connectivity index (χ2v) is 5.96. The maximum absolute atomic E-state index is 12.5. The predicted octanol–water partition coefficient (Wildman–Crippen LogP) is 2.87. The number of pyridine rings is 1. The van der Waals surface area contributed by atoms with Crippen molar-refractivity contribution in [2.75, 3.05) is 5.32 Å². The third-order valence-electron chi connectivity index (χ3n) is 4.21. The largest absolute Gasteiger partial charge is 0.324 e. The third-order valence-corrected chi connectivity index (χ3v) is 4.21. The van der Waals surface area contributed by atoms with Crippen LogP contribution in [0, 0.1) is 33.6 Å². The molecule has 0 saturated carbocycles. The number of aromatic nitrogens is 3. The van der Waals surface area contributed by atoms with Crippen LogP contribution in [-0.4, -0.2) is 20.7 Å². The maximum Gasteiger partial charge on any atom is 0.227 e. The fraction of sp³-hybridized carbons (Fsp3) is 0.471. The molecule has 0 spiro atoms. The van der Waals surface area contributed by atoms with Crippen molar-refractivity contribution in [2.45, 2.75) is 41.0 Å². The number of carbonyl (C=O) groups is 1. The lowest BCUT2D eigenvalue weighted by molar-refractivity contribution is -0.119. The van der Waals surface area contributed by atoms with E-state index in [4.69, 9.17) is 0 Å². The zero-order chi connectivity index (χ0) is 16.4. The van der Waals surface area contributed by atoms with Crippen molar-refractivity contribution in [3.8, 4) is 0 Å². The van der Waals surface area contributed by atoms with Gasteiger partial charge < -0.3 is 5.32 Å². The molecule has 0 aliphatic heterocycles. The Hall–Kier alpha value is -2.17. The van der Waals surface area contributed by atoms with E-state index < -0.39 is 0 Å². The van der Waals surface area contributed by atoms with Gasteiger partial charge in [0.05, 0.1) is 17.1 Å². The molecule has 5 nitrogen and oxygen atoms in total. The number of nitrogens with zero attached hydrogens (tertiary/aromatic N) is 3. The van der Waals surface area contributed by atoms with Gasteiger partial charge in [-0.25, -0.2) is 0 Å². The Bertz CT molecular complexity index is 683. The van der Waals surface area contributed by atoms with Crippen LogP contribution in [0.25, 0.3) is 0 Å². The highest BCUT2D eigenvalue weighted by molar-refractivity contribution is 5.93. The van der Waals surface area contributed by atoms with Crippen LogP contribution in [0.1, 0.15) is 35.1 Å². The van der Waals surface area contributed by atoms with Gasteiger partial charge in [-0.3, -0.25) is 14.5 Å². The summed E-state index contributed by atoms with van der Waals surface area (Å²) in [5.41, 5.74) is 5.96. The maximum atomic E-state index is 12.5. The minimum absolute atomic E-state index is 0.0156. The second-order valence-electron chi connectivity index (χ2n) is 5.96. The number of carbonyl (C=O) groups excluding carboxylic acids is 1. The molecular weight excluding hydrogens is 276 g/mol. The summed E-state index contributed by atoms with van der Waals surface area (Å²) in [4.78, 5) is 16.7. The quantitative estimate of drug-likeness (QED) is 0.944. The van der Waals surface area contributed by atoms with Crippen molar-refractivity contribution in [2.24, 2.45) is 13.0 Å². The molecule has 1 amide bonds. The number of hydrogen-bond donors (Lipinski definition) is 1. The van der Waals surface area contributed by atoms with E-state index in [0.29, 0.717) is 6.42 Å². The monoisotopic (exact) mass is 300 g/mol. The SMILES string of the molecule is Cc1ccnc(C)c1NC(=O)C(C)Cc1c(C)nn(C)c1C. The minimum atomic E-state index is -0.124. The number of amides is 1. The summed E-state index contributed by atoms with van der Waals surface area (Å²) in [6, 6.07) is 1.91. The summed E-state index contributed by atoms with van der Waals surface area (Å²) in [6.07, 6.45) is 2.45. The number of anilines is 1. The van der Waals surface area contributed by atoms with Gasteiger partial charge in [0, 0.05) is 24.9 Å². The standard InChI is InChI=1S/C17H24N4O/c1-10-7-8-18-13(4)16(10)19-17(22)11(2)9-15-12(3)20-21(6)14(15)5/h7-8,11H,9H2,1-6H3,(H,19,22). The van der Waals surface area contributed by atoms with Gasteiger partial charge in [-0.1, -0.05) is 6.92 Å². The van der Waals surface area contributed by atoms with E-state index in [-0.39, 0.29) is 11.8 Å². The average Bonchev–Trinajstić information content (AvgIpc) is 2.69. The summed E-state index contributed by atoms with van der Waals surface area (Å²) < 4.78 is 1.87. The smallest absolute Gasteiger partial charge is 0.227 e. The normalized spacial score (nSPS) is 12.3. The Morgan fingerprint density at radius 1 is 1.27 bits per heavy atom. The molecule has 1 atom stereocenters. The number of nitrogens with one attached hydrogen (secondary N) is 1. The molecule has 0 aromatic carbocycles. The molecule has 0 aliphatic carbocycles. The van der Waals surface area contributed by atoms with E-state index in [2.05, 4.69) is 15.4 Å². The molecule has 2 aromatic rings. The molecule has 2 heterocycles. The second kappa shape index (κ2) is 6.30. The molecule has 0 bridgehead atoms. The molecule has 0 saturated heterocycles. The molecule has 2 rings (SSSR count). The molecule has 5 heteroatoms. The predicted molar refractivity (Wildman–Crippen MR) is 87.9 cm³/mol. The molecule has 118 valence electrons. The first kappa shape index (κ1) is 16.2. The van der Waals surface area contributed by atoms with E-state index >= 15 is 0 Å². The van der Waals surface area contributed by atoms with Crippen LogP contribution in [0.5, 0.6) is 0 Å². The molecule has 0 fully saturated rings. The Balaban J connectivity index is 2.13. The highest BCUT2D eigenvalue weighted by Gasteiger charge is 2.19. The van der Waals surface area contributed by atoms with Gasteiger partial charge in [0.1, 0.15) is 0 Å². The van der Waals surface area contributed by atoms with Gasteiger partial charge in [-0.2, -0.15) is 5.10 Å². The van der Waals surface area contributed by atoms with Crippen LogP contribution >= 0.6 is 0 Å². The number of aryl methyl sites for hydroxylation is 4. The van der Waals surface area contributed by atoms with Crippen LogP contribution in [0.3, 0.4) is 0 Å². The minimum Gasteiger partial charge on any atom is -0.324 e. The van der Waals surface area contributed by atoms with Crippen molar-refractivity contribution in [3.05, 3.63) is 40.5 Å². The van der Waals surface area contributed by atoms with Crippen LogP contribution < -0.4 is 5.32 Å². The van der Waals surface area contributed by atoms with Gasteiger partial charge in [0.25, 0.3) is 0 Å². The lowest BCUT2D eigenvalue weighted by atomic mass is 9.98. The fourth-order valence-electron chi connectivity index (χ4n) is 2.64. The van der Waals surface area contributed by atoms with Crippen LogP contribution in [0.4, 0.5) is 5.69 Å². The summed E-state index contributed by atoms with van der Waals surface area (Å²) in [5.74, 6) is -0.109. The lowest BCUT2D eigenvalue weighted by Gasteiger charge is -2.15. The van der Waals surface area contributed by atoms with Crippen molar-refractivity contribution < 1.29 is 4.79 Å². The Morgan fingerprint density at radius 3 is 2.50 bits per heavy atom. The van der Waals surface area contributed by atoms with Crippen LogP contribution in [0.15, 0.2) is 12.3 Å². The summed E-state index contributed by atoms with van der Waals surface area (Å²) in [7, 11) is 1.93. The highest BCUT2D eigenvalue weighted by atomic mass is 16.1. The molecule has 2 aromatic heterocycles. The van der Waals surface area contributed by atoms with E-state index in [9.17, 15) is 4.79 Å². The van der Waals surface area contributed by atoms with Gasteiger partial charge in [-0.05, 0) is 51.3 Å². The summed E-state index contributed by atoms with van der Waals surface area (Å²) in [5, 5.41) is 7.43. The molecule has 1 N–H and O–H groups in total. The number of hydrogen-bond acceptors (Lipinski definition) is 3. The fourth-order valence-corrected chi connectivity index (χ4v) is 2.64. The number of rotatable bonds is 4. The molecule has 0 aliphatic rings. The highest BCUT2D eigenvalue weighted by Crippen LogP contribution is 2.21. The molecular formula is C17H24N4O. The first-order valence-electron chi connectivity index (χ1n) is 7.53. The molecule has 0 radical (unpaired) electrons. The van der Waals surface area contributed by atoms with Crippen molar-refractivity contribution in [1.82, 2.24) is 14.8 Å². The van der Waals surface area contributed by atoms with Crippen molar-refractivity contribution in [1.29, 1.82) is 0 Å². The van der Waals surface area contributed by atoms with E-state index in [1.54, 1.807) is 6.20 Å². The van der Waals surface area contributed by atoms with Gasteiger partial charge >= 0.3 is 0 Å². The third kappa shape index (κ3) is 3.18. The summed E-state index contributed by atoms with van der Waals surface area (Å²) >= 11 is 0. The summed E-state index contributed by atoms with van der Waals surface area (Å²) in [6.45, 7) is 9.85.